The van der Waals surface area contributed by atoms with Crippen molar-refractivity contribution in [3.63, 3.8) is 0 Å². The van der Waals surface area contributed by atoms with Crippen LogP contribution in [0.5, 0.6) is 5.75 Å². The Labute approximate surface area is 234 Å². The van der Waals surface area contributed by atoms with Crippen molar-refractivity contribution in [1.82, 2.24) is 4.90 Å². The molecular weight excluding hydrogens is 516 g/mol. The third-order valence-electron chi connectivity index (χ3n) is 8.29. The van der Waals surface area contributed by atoms with Crippen molar-refractivity contribution in [2.75, 3.05) is 38.3 Å². The number of aliphatic hydroxyl groups excluding tert-OH is 1. The molecule has 1 aromatic rings. The van der Waals surface area contributed by atoms with Crippen molar-refractivity contribution >= 4 is 35.2 Å². The second kappa shape index (κ2) is 12.2. The number of hydrogen-bond acceptors (Lipinski definition) is 7. The summed E-state index contributed by atoms with van der Waals surface area (Å²) in [7, 11) is 1.60. The monoisotopic (exact) mass is 554 g/mol. The molecule has 4 aliphatic rings. The molecule has 210 valence electrons. The summed E-state index contributed by atoms with van der Waals surface area (Å²) >= 11 is 1.58. The van der Waals surface area contributed by atoms with Crippen molar-refractivity contribution in [3.8, 4) is 5.75 Å². The Morgan fingerprint density at radius 3 is 2.62 bits per heavy atom. The number of aliphatic hydroxyl groups is 1. The number of hydrogen-bond donors (Lipinski definition) is 1. The van der Waals surface area contributed by atoms with Crippen molar-refractivity contribution in [1.29, 1.82) is 0 Å². The highest BCUT2D eigenvalue weighted by molar-refractivity contribution is 8.02. The number of carbonyl (C=O) groups is 3. The highest BCUT2D eigenvalue weighted by Crippen LogP contribution is 2.60. The molecule has 0 aliphatic carbocycles. The van der Waals surface area contributed by atoms with Crippen LogP contribution in [-0.4, -0.2) is 77.2 Å². The predicted molar refractivity (Wildman–Crippen MR) is 151 cm³/mol. The van der Waals surface area contributed by atoms with Gasteiger partial charge in [0.15, 0.2) is 0 Å². The largest absolute Gasteiger partial charge is 0.497 e. The van der Waals surface area contributed by atoms with Gasteiger partial charge >= 0.3 is 5.97 Å². The quantitative estimate of drug-likeness (QED) is 0.297. The zero-order valence-corrected chi connectivity index (χ0v) is 23.3. The van der Waals surface area contributed by atoms with Crippen molar-refractivity contribution in [3.05, 3.63) is 48.6 Å². The number of allylic oxidation sites excluding steroid dienone is 1. The second-order valence-electron chi connectivity index (χ2n) is 10.7. The summed E-state index contributed by atoms with van der Waals surface area (Å²) in [5, 5.41) is 8.92. The number of fused-ring (bicyclic) bond motifs is 2. The van der Waals surface area contributed by atoms with E-state index < -0.39 is 22.6 Å². The van der Waals surface area contributed by atoms with Crippen LogP contribution in [-0.2, 0) is 19.1 Å². The fraction of sp³-hybridized carbons (Fsp3) is 0.567. The molecule has 8 nitrogen and oxygen atoms in total. The van der Waals surface area contributed by atoms with Gasteiger partial charge in [-0.15, -0.1) is 11.8 Å². The van der Waals surface area contributed by atoms with E-state index in [1.165, 1.54) is 0 Å². The van der Waals surface area contributed by atoms with E-state index in [9.17, 15) is 14.4 Å². The summed E-state index contributed by atoms with van der Waals surface area (Å²) in [6.07, 6.45) is 14.0. The van der Waals surface area contributed by atoms with Crippen molar-refractivity contribution < 1.29 is 29.0 Å². The Balaban J connectivity index is 1.52. The number of ether oxygens (including phenoxy) is 2. The highest BCUT2D eigenvalue weighted by Gasteiger charge is 2.70. The first kappa shape index (κ1) is 27.8. The minimum atomic E-state index is -0.854. The molecule has 0 radical (unpaired) electrons. The van der Waals surface area contributed by atoms with Gasteiger partial charge in [0.1, 0.15) is 11.8 Å². The van der Waals surface area contributed by atoms with E-state index in [4.69, 9.17) is 14.6 Å². The predicted octanol–water partition coefficient (Wildman–Crippen LogP) is 3.73. The molecule has 9 heteroatoms. The highest BCUT2D eigenvalue weighted by atomic mass is 32.2. The first-order valence-electron chi connectivity index (χ1n) is 14.1. The summed E-state index contributed by atoms with van der Waals surface area (Å²) < 4.78 is 10.1. The molecule has 2 saturated heterocycles. The molecule has 1 unspecified atom stereocenters. The fourth-order valence-electron chi connectivity index (χ4n) is 6.40. The average molecular weight is 555 g/mol. The second-order valence-corrected chi connectivity index (χ2v) is 12.1. The Morgan fingerprint density at radius 2 is 1.85 bits per heavy atom. The molecule has 4 heterocycles. The van der Waals surface area contributed by atoms with Crippen LogP contribution in [0.2, 0.25) is 0 Å². The molecule has 5 atom stereocenters. The molecule has 4 aliphatic heterocycles. The first-order valence-corrected chi connectivity index (χ1v) is 15.0. The van der Waals surface area contributed by atoms with Gasteiger partial charge in [-0.2, -0.15) is 0 Å². The zero-order chi connectivity index (χ0) is 27.4. The van der Waals surface area contributed by atoms with Crippen LogP contribution in [0.3, 0.4) is 0 Å². The lowest BCUT2D eigenvalue weighted by atomic mass is 9.78. The fourth-order valence-corrected chi connectivity index (χ4v) is 8.40. The van der Waals surface area contributed by atoms with Crippen molar-refractivity contribution in [2.45, 2.75) is 61.0 Å². The number of unbranched alkanes of at least 4 members (excludes halogenated alkanes) is 3. The summed E-state index contributed by atoms with van der Waals surface area (Å²) in [6.45, 7) is 1.31. The standard InChI is InChI=1S/C30H38N2O6S/c1-37-22-14-12-21(13-15-22)31-18-10-16-30-25(24-23(39-30)11-6-2-5-9-20-38-29(24)36)27(34)32(26(30)28(31)35)17-7-3-4-8-19-33/h6,10-16,23-26,33H,2-5,7-9,17-20H2,1H3/b11-6-/t23-,24+,25-,26?,30-/m0/s1. The molecule has 1 N–H and O–H groups in total. The number of amides is 2. The zero-order valence-electron chi connectivity index (χ0n) is 22.5. The molecule has 1 aromatic carbocycles. The van der Waals surface area contributed by atoms with Gasteiger partial charge < -0.3 is 24.4 Å². The van der Waals surface area contributed by atoms with Gasteiger partial charge in [-0.25, -0.2) is 0 Å². The number of thioether (sulfide) groups is 1. The minimum Gasteiger partial charge on any atom is -0.497 e. The van der Waals surface area contributed by atoms with Gasteiger partial charge in [0, 0.05) is 30.6 Å². The third kappa shape index (κ3) is 5.23. The van der Waals surface area contributed by atoms with E-state index >= 15 is 0 Å². The van der Waals surface area contributed by atoms with E-state index in [0.717, 1.165) is 44.2 Å². The van der Waals surface area contributed by atoms with Crippen LogP contribution in [0.25, 0.3) is 0 Å². The lowest BCUT2D eigenvalue weighted by molar-refractivity contribution is -0.153. The van der Waals surface area contributed by atoms with Crippen LogP contribution in [0.15, 0.2) is 48.6 Å². The average Bonchev–Trinajstić information content (AvgIpc) is 3.33. The Kier molecular flexibility index (Phi) is 8.67. The Hall–Kier alpha value is -2.78. The number of methoxy groups -OCH3 is 1. The van der Waals surface area contributed by atoms with Crippen LogP contribution in [0.4, 0.5) is 5.69 Å². The van der Waals surface area contributed by atoms with E-state index in [1.807, 2.05) is 36.4 Å². The number of likely N-dealkylation sites (tertiary alicyclic amines) is 1. The molecule has 0 bridgehead atoms. The van der Waals surface area contributed by atoms with Gasteiger partial charge in [0.05, 0.1) is 30.3 Å². The SMILES string of the molecule is COc1ccc(N2CC=C[C@]34S[C@H]5/C=C\CCCCOC(=O)[C@H]5[C@H]3C(=O)N(CCCCCCO)C4C2=O)cc1. The number of cyclic esters (lactones) is 1. The molecule has 1 spiro atoms. The lowest BCUT2D eigenvalue weighted by Crippen LogP contribution is -2.53. The number of nitrogens with zero attached hydrogens (tertiary/aromatic N) is 2. The molecule has 0 aromatic heterocycles. The number of benzene rings is 1. The molecule has 5 rings (SSSR count). The maximum Gasteiger partial charge on any atom is 0.311 e. The van der Waals surface area contributed by atoms with Gasteiger partial charge in [-0.05, 0) is 56.4 Å². The van der Waals surface area contributed by atoms with Crippen LogP contribution in [0, 0.1) is 11.8 Å². The summed E-state index contributed by atoms with van der Waals surface area (Å²) in [5.74, 6) is -1.21. The molecule has 39 heavy (non-hydrogen) atoms. The first-order chi connectivity index (χ1) is 19.0. The Morgan fingerprint density at radius 1 is 1.05 bits per heavy atom. The number of esters is 1. The number of rotatable bonds is 8. The third-order valence-corrected chi connectivity index (χ3v) is 10.0. The van der Waals surface area contributed by atoms with Crippen LogP contribution < -0.4 is 9.64 Å². The maximum atomic E-state index is 14.4. The van der Waals surface area contributed by atoms with E-state index in [1.54, 1.807) is 28.7 Å². The maximum absolute atomic E-state index is 14.4. The van der Waals surface area contributed by atoms with Crippen LogP contribution >= 0.6 is 11.8 Å². The number of anilines is 1. The molecular formula is C30H38N2O6S. The number of carbonyl (C=O) groups excluding carboxylic acids is 3. The van der Waals surface area contributed by atoms with Gasteiger partial charge in [-0.3, -0.25) is 14.4 Å². The normalized spacial score (nSPS) is 31.3. The smallest absolute Gasteiger partial charge is 0.311 e. The molecule has 2 fully saturated rings. The molecule has 0 saturated carbocycles. The lowest BCUT2D eigenvalue weighted by Gasteiger charge is -2.35. The molecule has 2 amide bonds. The Bertz CT molecular complexity index is 1120. The van der Waals surface area contributed by atoms with E-state index in [2.05, 4.69) is 12.2 Å². The van der Waals surface area contributed by atoms with E-state index in [-0.39, 0.29) is 29.6 Å². The topological polar surface area (TPSA) is 96.4 Å². The van der Waals surface area contributed by atoms with E-state index in [0.29, 0.717) is 31.9 Å². The van der Waals surface area contributed by atoms with Crippen molar-refractivity contribution in [2.24, 2.45) is 11.8 Å². The van der Waals surface area contributed by atoms with Gasteiger partial charge in [0.2, 0.25) is 5.91 Å². The van der Waals surface area contributed by atoms with Crippen LogP contribution in [0.1, 0.15) is 44.9 Å². The summed E-state index contributed by atoms with van der Waals surface area (Å²) in [6, 6.07) is 6.65. The van der Waals surface area contributed by atoms with Gasteiger partial charge in [0.25, 0.3) is 5.91 Å². The summed E-state index contributed by atoms with van der Waals surface area (Å²) in [5.41, 5.74) is 0.739. The minimum absolute atomic E-state index is 0.134. The van der Waals surface area contributed by atoms with Gasteiger partial charge in [-0.1, -0.05) is 37.1 Å². The summed E-state index contributed by atoms with van der Waals surface area (Å²) in [4.78, 5) is 45.5.